The molecule has 1 aliphatic heterocycles. The molecule has 7 nitrogen and oxygen atoms in total. The normalized spacial score (nSPS) is 16.1. The van der Waals surface area contributed by atoms with Crippen LogP contribution in [-0.4, -0.2) is 55.0 Å². The van der Waals surface area contributed by atoms with Crippen molar-refractivity contribution < 1.29 is 14.6 Å². The molecule has 7 heteroatoms. The van der Waals surface area contributed by atoms with E-state index in [-0.39, 0.29) is 5.75 Å². The Morgan fingerprint density at radius 3 is 2.80 bits per heavy atom. The molecule has 4 rings (SSSR count). The van der Waals surface area contributed by atoms with Gasteiger partial charge >= 0.3 is 0 Å². The summed E-state index contributed by atoms with van der Waals surface area (Å²) in [5.41, 5.74) is 2.52. The van der Waals surface area contributed by atoms with Crippen molar-refractivity contribution in [3.05, 3.63) is 42.0 Å². The van der Waals surface area contributed by atoms with Crippen LogP contribution in [0.3, 0.4) is 0 Å². The van der Waals surface area contributed by atoms with E-state index in [9.17, 15) is 5.11 Å². The third-order valence-electron chi connectivity index (χ3n) is 5.44. The van der Waals surface area contributed by atoms with Gasteiger partial charge in [0.2, 0.25) is 0 Å². The average molecular weight is 409 g/mol. The number of ether oxygens (including phenoxy) is 2. The number of phenolic OH excluding ortho intramolecular Hbond substituents is 1. The van der Waals surface area contributed by atoms with E-state index in [1.165, 1.54) is 0 Å². The molecule has 1 atom stereocenters. The van der Waals surface area contributed by atoms with E-state index in [0.29, 0.717) is 24.0 Å². The van der Waals surface area contributed by atoms with Crippen LogP contribution in [-0.2, 0) is 11.2 Å². The van der Waals surface area contributed by atoms with Crippen LogP contribution in [0.5, 0.6) is 11.5 Å². The number of rotatable bonds is 8. The molecule has 0 unspecified atom stereocenters. The first-order valence-corrected chi connectivity index (χ1v) is 10.3. The summed E-state index contributed by atoms with van der Waals surface area (Å²) >= 11 is 0. The molecular formula is C23H28N4O3. The Hall–Kier alpha value is -2.90. The maximum absolute atomic E-state index is 10.3. The van der Waals surface area contributed by atoms with Crippen LogP contribution in [0.25, 0.3) is 22.3 Å². The maximum atomic E-state index is 10.3. The summed E-state index contributed by atoms with van der Waals surface area (Å²) in [7, 11) is 3.39. The standard InChI is InChI=1S/C23H28N4O3/c1-29-11-5-6-15-12-19-18(13-21(15)30-2)23(25-16-9-10-24-14-16)27-22(26-19)17-7-3-4-8-20(17)28/h3-4,7-8,12-13,16,24,28H,5-6,9-11,14H2,1-2H3,(H,25,26,27)/t16-/m0/s1. The van der Waals surface area contributed by atoms with E-state index in [0.717, 1.165) is 60.4 Å². The molecule has 0 radical (unpaired) electrons. The predicted molar refractivity (Wildman–Crippen MR) is 118 cm³/mol. The molecule has 30 heavy (non-hydrogen) atoms. The molecule has 0 bridgehead atoms. The van der Waals surface area contributed by atoms with Gasteiger partial charge in [-0.1, -0.05) is 12.1 Å². The number of aromatic hydroxyl groups is 1. The van der Waals surface area contributed by atoms with E-state index < -0.39 is 0 Å². The monoisotopic (exact) mass is 408 g/mol. The van der Waals surface area contributed by atoms with Crippen molar-refractivity contribution in [2.45, 2.75) is 25.3 Å². The van der Waals surface area contributed by atoms with Gasteiger partial charge in [0.05, 0.1) is 18.2 Å². The Morgan fingerprint density at radius 1 is 1.20 bits per heavy atom. The zero-order valence-electron chi connectivity index (χ0n) is 17.4. The largest absolute Gasteiger partial charge is 0.507 e. The van der Waals surface area contributed by atoms with Crippen LogP contribution in [0, 0.1) is 0 Å². The van der Waals surface area contributed by atoms with Crippen LogP contribution >= 0.6 is 0 Å². The molecule has 1 fully saturated rings. The molecule has 2 aromatic carbocycles. The molecule has 0 spiro atoms. The van der Waals surface area contributed by atoms with E-state index >= 15 is 0 Å². The van der Waals surface area contributed by atoms with E-state index in [4.69, 9.17) is 19.4 Å². The Balaban J connectivity index is 1.83. The first-order valence-electron chi connectivity index (χ1n) is 10.3. The minimum atomic E-state index is 0.166. The number of para-hydroxylation sites is 1. The van der Waals surface area contributed by atoms with Crippen LogP contribution < -0.4 is 15.4 Å². The summed E-state index contributed by atoms with van der Waals surface area (Å²) in [6, 6.07) is 11.5. The van der Waals surface area contributed by atoms with Gasteiger partial charge in [0.15, 0.2) is 5.82 Å². The number of methoxy groups -OCH3 is 2. The van der Waals surface area contributed by atoms with E-state index in [2.05, 4.69) is 16.7 Å². The number of anilines is 1. The molecule has 1 saturated heterocycles. The predicted octanol–water partition coefficient (Wildman–Crippen LogP) is 3.36. The van der Waals surface area contributed by atoms with Gasteiger partial charge in [0, 0.05) is 31.7 Å². The van der Waals surface area contributed by atoms with Crippen molar-refractivity contribution in [2.75, 3.05) is 39.2 Å². The molecule has 1 aromatic heterocycles. The van der Waals surface area contributed by atoms with Gasteiger partial charge in [-0.05, 0) is 55.6 Å². The summed E-state index contributed by atoms with van der Waals surface area (Å²) in [5.74, 6) is 2.25. The number of benzene rings is 2. The Bertz CT molecular complexity index is 1020. The summed E-state index contributed by atoms with van der Waals surface area (Å²) in [5, 5.41) is 18.2. The number of aryl methyl sites for hydroxylation is 1. The molecule has 3 N–H and O–H groups in total. The molecule has 0 amide bonds. The van der Waals surface area contributed by atoms with Crippen LogP contribution in [0.2, 0.25) is 0 Å². The fraction of sp³-hybridized carbons (Fsp3) is 0.391. The zero-order valence-corrected chi connectivity index (χ0v) is 17.4. The minimum Gasteiger partial charge on any atom is -0.507 e. The van der Waals surface area contributed by atoms with Crippen molar-refractivity contribution in [1.82, 2.24) is 15.3 Å². The molecule has 0 aliphatic carbocycles. The molecule has 3 aromatic rings. The third kappa shape index (κ3) is 4.32. The van der Waals surface area contributed by atoms with Crippen molar-refractivity contribution in [3.8, 4) is 22.9 Å². The van der Waals surface area contributed by atoms with Crippen LogP contribution in [0.15, 0.2) is 36.4 Å². The lowest BCUT2D eigenvalue weighted by atomic mass is 10.0. The molecule has 158 valence electrons. The van der Waals surface area contributed by atoms with Crippen molar-refractivity contribution >= 4 is 16.7 Å². The second-order valence-corrected chi connectivity index (χ2v) is 7.52. The van der Waals surface area contributed by atoms with Gasteiger partial charge in [-0.15, -0.1) is 0 Å². The quantitative estimate of drug-likeness (QED) is 0.493. The number of hydrogen-bond acceptors (Lipinski definition) is 7. The number of hydrogen-bond donors (Lipinski definition) is 3. The molecule has 2 heterocycles. The molecule has 0 saturated carbocycles. The number of phenols is 1. The van der Waals surface area contributed by atoms with Gasteiger partial charge in [-0.2, -0.15) is 0 Å². The fourth-order valence-corrected chi connectivity index (χ4v) is 3.86. The van der Waals surface area contributed by atoms with Crippen molar-refractivity contribution in [1.29, 1.82) is 0 Å². The highest BCUT2D eigenvalue weighted by Crippen LogP contribution is 2.34. The number of nitrogens with zero attached hydrogens (tertiary/aromatic N) is 2. The average Bonchev–Trinajstić information content (AvgIpc) is 3.27. The van der Waals surface area contributed by atoms with Crippen molar-refractivity contribution in [2.24, 2.45) is 0 Å². The number of fused-ring (bicyclic) bond motifs is 1. The third-order valence-corrected chi connectivity index (χ3v) is 5.44. The van der Waals surface area contributed by atoms with Gasteiger partial charge in [-0.25, -0.2) is 9.97 Å². The second-order valence-electron chi connectivity index (χ2n) is 7.52. The highest BCUT2D eigenvalue weighted by molar-refractivity contribution is 5.93. The topological polar surface area (TPSA) is 88.5 Å². The Kier molecular flexibility index (Phi) is 6.30. The van der Waals surface area contributed by atoms with Crippen LogP contribution in [0.4, 0.5) is 5.82 Å². The van der Waals surface area contributed by atoms with Crippen molar-refractivity contribution in [3.63, 3.8) is 0 Å². The van der Waals surface area contributed by atoms with Gasteiger partial charge in [-0.3, -0.25) is 0 Å². The summed E-state index contributed by atoms with van der Waals surface area (Å²) in [6.45, 7) is 2.57. The lowest BCUT2D eigenvalue weighted by molar-refractivity contribution is 0.195. The Labute approximate surface area is 176 Å². The minimum absolute atomic E-state index is 0.166. The smallest absolute Gasteiger partial charge is 0.165 e. The summed E-state index contributed by atoms with van der Waals surface area (Å²) in [4.78, 5) is 9.58. The second kappa shape index (κ2) is 9.28. The summed E-state index contributed by atoms with van der Waals surface area (Å²) in [6.07, 6.45) is 2.76. The van der Waals surface area contributed by atoms with Gasteiger partial charge < -0.3 is 25.2 Å². The first-order chi connectivity index (χ1) is 14.7. The lowest BCUT2D eigenvalue weighted by Crippen LogP contribution is -2.23. The van der Waals surface area contributed by atoms with Gasteiger partial charge in [0.25, 0.3) is 0 Å². The number of nitrogens with one attached hydrogen (secondary N) is 2. The maximum Gasteiger partial charge on any atom is 0.165 e. The summed E-state index contributed by atoms with van der Waals surface area (Å²) < 4.78 is 10.9. The molecular weight excluding hydrogens is 380 g/mol. The fourth-order valence-electron chi connectivity index (χ4n) is 3.86. The number of aromatic nitrogens is 2. The highest BCUT2D eigenvalue weighted by atomic mass is 16.5. The zero-order chi connectivity index (χ0) is 20.9. The SMILES string of the molecule is COCCCc1cc2nc(-c3ccccc3O)nc(N[C@H]3CCNC3)c2cc1OC. The van der Waals surface area contributed by atoms with Gasteiger partial charge in [0.1, 0.15) is 17.3 Å². The first kappa shape index (κ1) is 20.4. The Morgan fingerprint density at radius 2 is 2.07 bits per heavy atom. The highest BCUT2D eigenvalue weighted by Gasteiger charge is 2.19. The van der Waals surface area contributed by atoms with E-state index in [1.807, 2.05) is 18.2 Å². The van der Waals surface area contributed by atoms with E-state index in [1.54, 1.807) is 26.4 Å². The lowest BCUT2D eigenvalue weighted by Gasteiger charge is -2.17. The van der Waals surface area contributed by atoms with Crippen LogP contribution in [0.1, 0.15) is 18.4 Å². The molecule has 1 aliphatic rings.